The molecular formula is C14H19Cl2N3O. The first-order chi connectivity index (χ1) is 9.58. The summed E-state index contributed by atoms with van der Waals surface area (Å²) in [5, 5.41) is 6.68. The summed E-state index contributed by atoms with van der Waals surface area (Å²) in [6.07, 6.45) is 2.14. The SMILES string of the molecule is CCN1CCC[C@@H](NC(=O)Nc2ccc(Cl)c(Cl)c2)C1. The lowest BCUT2D eigenvalue weighted by Crippen LogP contribution is -2.48. The Kier molecular flexibility index (Phi) is 5.52. The van der Waals surface area contributed by atoms with Crippen LogP contribution in [0.3, 0.4) is 0 Å². The van der Waals surface area contributed by atoms with E-state index in [4.69, 9.17) is 23.2 Å². The summed E-state index contributed by atoms with van der Waals surface area (Å²) in [5.74, 6) is 0. The molecule has 0 saturated carbocycles. The maximum Gasteiger partial charge on any atom is 0.319 e. The van der Waals surface area contributed by atoms with Crippen molar-refractivity contribution in [3.63, 3.8) is 0 Å². The van der Waals surface area contributed by atoms with E-state index in [-0.39, 0.29) is 12.1 Å². The van der Waals surface area contributed by atoms with E-state index in [1.54, 1.807) is 18.2 Å². The van der Waals surface area contributed by atoms with Gasteiger partial charge in [0.25, 0.3) is 0 Å². The van der Waals surface area contributed by atoms with Crippen molar-refractivity contribution >= 4 is 34.9 Å². The van der Waals surface area contributed by atoms with E-state index in [0.29, 0.717) is 15.7 Å². The monoisotopic (exact) mass is 315 g/mol. The van der Waals surface area contributed by atoms with Crippen molar-refractivity contribution < 1.29 is 4.79 Å². The number of piperidine rings is 1. The van der Waals surface area contributed by atoms with Crippen LogP contribution in [0.1, 0.15) is 19.8 Å². The molecule has 1 aliphatic rings. The molecule has 1 aliphatic heterocycles. The van der Waals surface area contributed by atoms with Crippen molar-refractivity contribution in [1.82, 2.24) is 10.2 Å². The summed E-state index contributed by atoms with van der Waals surface area (Å²) in [6, 6.07) is 5.03. The third-order valence-electron chi connectivity index (χ3n) is 3.47. The van der Waals surface area contributed by atoms with Gasteiger partial charge in [0.15, 0.2) is 0 Å². The van der Waals surface area contributed by atoms with Gasteiger partial charge in [-0.05, 0) is 44.1 Å². The maximum absolute atomic E-state index is 12.0. The van der Waals surface area contributed by atoms with Crippen molar-refractivity contribution in [1.29, 1.82) is 0 Å². The fourth-order valence-corrected chi connectivity index (χ4v) is 2.69. The molecule has 110 valence electrons. The van der Waals surface area contributed by atoms with Crippen LogP contribution in [0.15, 0.2) is 18.2 Å². The molecule has 2 amide bonds. The first-order valence-corrected chi connectivity index (χ1v) is 7.59. The van der Waals surface area contributed by atoms with E-state index >= 15 is 0 Å². The van der Waals surface area contributed by atoms with E-state index in [2.05, 4.69) is 22.5 Å². The normalized spacial score (nSPS) is 19.6. The Balaban J connectivity index is 1.87. The molecule has 0 unspecified atom stereocenters. The van der Waals surface area contributed by atoms with E-state index in [0.717, 1.165) is 32.5 Å². The molecule has 0 bridgehead atoms. The lowest BCUT2D eigenvalue weighted by Gasteiger charge is -2.32. The highest BCUT2D eigenvalue weighted by Gasteiger charge is 2.20. The van der Waals surface area contributed by atoms with Gasteiger partial charge in [-0.15, -0.1) is 0 Å². The summed E-state index contributed by atoms with van der Waals surface area (Å²) in [5.41, 5.74) is 0.639. The smallest absolute Gasteiger partial charge is 0.319 e. The molecule has 1 atom stereocenters. The molecule has 6 heteroatoms. The second-order valence-corrected chi connectivity index (χ2v) is 5.77. The molecule has 2 rings (SSSR count). The minimum absolute atomic E-state index is 0.200. The molecule has 1 fully saturated rings. The number of hydrogen-bond donors (Lipinski definition) is 2. The number of benzene rings is 1. The largest absolute Gasteiger partial charge is 0.334 e. The number of likely N-dealkylation sites (tertiary alicyclic amines) is 1. The molecule has 1 aromatic rings. The minimum atomic E-state index is -0.202. The first kappa shape index (κ1) is 15.4. The fourth-order valence-electron chi connectivity index (χ4n) is 2.39. The Hall–Kier alpha value is -0.970. The van der Waals surface area contributed by atoms with Crippen LogP contribution < -0.4 is 10.6 Å². The fraction of sp³-hybridized carbons (Fsp3) is 0.500. The summed E-state index contributed by atoms with van der Waals surface area (Å²) < 4.78 is 0. The molecule has 1 saturated heterocycles. The number of carbonyl (C=O) groups is 1. The predicted molar refractivity (Wildman–Crippen MR) is 83.8 cm³/mol. The topological polar surface area (TPSA) is 44.4 Å². The molecule has 0 aliphatic carbocycles. The van der Waals surface area contributed by atoms with Gasteiger partial charge in [0.05, 0.1) is 10.0 Å². The number of carbonyl (C=O) groups excluding carboxylic acids is 1. The van der Waals surface area contributed by atoms with Crippen LogP contribution in [-0.2, 0) is 0 Å². The van der Waals surface area contributed by atoms with Gasteiger partial charge in [-0.2, -0.15) is 0 Å². The number of likely N-dealkylation sites (N-methyl/N-ethyl adjacent to an activating group) is 1. The average Bonchev–Trinajstić information content (AvgIpc) is 2.43. The predicted octanol–water partition coefficient (Wildman–Crippen LogP) is 3.60. The lowest BCUT2D eigenvalue weighted by atomic mass is 10.1. The Morgan fingerprint density at radius 2 is 2.20 bits per heavy atom. The number of nitrogens with zero attached hydrogens (tertiary/aromatic N) is 1. The Morgan fingerprint density at radius 3 is 2.90 bits per heavy atom. The summed E-state index contributed by atoms with van der Waals surface area (Å²) in [4.78, 5) is 14.3. The van der Waals surface area contributed by atoms with Crippen molar-refractivity contribution in [2.24, 2.45) is 0 Å². The van der Waals surface area contributed by atoms with Gasteiger partial charge >= 0.3 is 6.03 Å². The van der Waals surface area contributed by atoms with Crippen molar-refractivity contribution in [2.75, 3.05) is 25.0 Å². The van der Waals surface area contributed by atoms with Gasteiger partial charge in [0, 0.05) is 18.3 Å². The number of halogens is 2. The van der Waals surface area contributed by atoms with Crippen LogP contribution in [-0.4, -0.2) is 36.6 Å². The van der Waals surface area contributed by atoms with Gasteiger partial charge in [-0.25, -0.2) is 4.79 Å². The van der Waals surface area contributed by atoms with Gasteiger partial charge in [0.1, 0.15) is 0 Å². The summed E-state index contributed by atoms with van der Waals surface area (Å²) in [6.45, 7) is 5.18. The first-order valence-electron chi connectivity index (χ1n) is 6.83. The molecule has 1 aromatic carbocycles. The van der Waals surface area contributed by atoms with Gasteiger partial charge in [-0.3, -0.25) is 0 Å². The summed E-state index contributed by atoms with van der Waals surface area (Å²) in [7, 11) is 0. The van der Waals surface area contributed by atoms with E-state index in [1.807, 2.05) is 0 Å². The minimum Gasteiger partial charge on any atom is -0.334 e. The highest BCUT2D eigenvalue weighted by molar-refractivity contribution is 6.42. The van der Waals surface area contributed by atoms with Crippen molar-refractivity contribution in [2.45, 2.75) is 25.8 Å². The second kappa shape index (κ2) is 7.16. The Bertz CT molecular complexity index is 481. The van der Waals surface area contributed by atoms with Crippen LogP contribution in [0.25, 0.3) is 0 Å². The zero-order valence-corrected chi connectivity index (χ0v) is 13.0. The number of amides is 2. The molecule has 20 heavy (non-hydrogen) atoms. The maximum atomic E-state index is 12.0. The van der Waals surface area contributed by atoms with Gasteiger partial charge in [0.2, 0.25) is 0 Å². The molecule has 2 N–H and O–H groups in total. The Labute approximate surface area is 129 Å². The number of nitrogens with one attached hydrogen (secondary N) is 2. The van der Waals surface area contributed by atoms with E-state index in [1.165, 1.54) is 0 Å². The standard InChI is InChI=1S/C14H19Cl2N3O/c1-2-19-7-3-4-11(9-19)18-14(20)17-10-5-6-12(15)13(16)8-10/h5-6,8,11H,2-4,7,9H2,1H3,(H2,17,18,20)/t11-/m1/s1. The van der Waals surface area contributed by atoms with E-state index < -0.39 is 0 Å². The van der Waals surface area contributed by atoms with Crippen LogP contribution in [0.4, 0.5) is 10.5 Å². The van der Waals surface area contributed by atoms with Gasteiger partial charge < -0.3 is 15.5 Å². The number of hydrogen-bond acceptors (Lipinski definition) is 2. The third-order valence-corrected chi connectivity index (χ3v) is 4.20. The number of urea groups is 1. The highest BCUT2D eigenvalue weighted by Crippen LogP contribution is 2.24. The van der Waals surface area contributed by atoms with Crippen molar-refractivity contribution in [3.05, 3.63) is 28.2 Å². The average molecular weight is 316 g/mol. The molecule has 4 nitrogen and oxygen atoms in total. The molecule has 1 heterocycles. The third kappa shape index (κ3) is 4.27. The number of rotatable bonds is 3. The zero-order chi connectivity index (χ0) is 14.5. The quantitative estimate of drug-likeness (QED) is 0.895. The van der Waals surface area contributed by atoms with Crippen LogP contribution in [0.5, 0.6) is 0 Å². The molecule has 0 radical (unpaired) electrons. The lowest BCUT2D eigenvalue weighted by molar-refractivity contribution is 0.196. The summed E-state index contributed by atoms with van der Waals surface area (Å²) >= 11 is 11.8. The molecule has 0 spiro atoms. The van der Waals surface area contributed by atoms with Crippen molar-refractivity contribution in [3.8, 4) is 0 Å². The Morgan fingerprint density at radius 1 is 1.40 bits per heavy atom. The van der Waals surface area contributed by atoms with Gasteiger partial charge in [-0.1, -0.05) is 30.1 Å². The molecule has 0 aromatic heterocycles. The molecular weight excluding hydrogens is 297 g/mol. The van der Waals surface area contributed by atoms with Crippen LogP contribution in [0, 0.1) is 0 Å². The second-order valence-electron chi connectivity index (χ2n) is 4.96. The highest BCUT2D eigenvalue weighted by atomic mass is 35.5. The zero-order valence-electron chi connectivity index (χ0n) is 11.5. The number of anilines is 1. The van der Waals surface area contributed by atoms with E-state index in [9.17, 15) is 4.79 Å². The van der Waals surface area contributed by atoms with Crippen LogP contribution in [0.2, 0.25) is 10.0 Å². The van der Waals surface area contributed by atoms with Crippen LogP contribution >= 0.6 is 23.2 Å².